The fourth-order valence-corrected chi connectivity index (χ4v) is 2.46. The Balaban J connectivity index is 2.32. The summed E-state index contributed by atoms with van der Waals surface area (Å²) >= 11 is 0. The SMILES string of the molecule is Cc1cccc(C(=O)N2CCNC(=O)C2CC(=O)O)c1C. The van der Waals surface area contributed by atoms with Crippen molar-refractivity contribution >= 4 is 17.8 Å². The molecule has 0 bridgehead atoms. The van der Waals surface area contributed by atoms with E-state index in [0.717, 1.165) is 11.1 Å². The second-order valence-electron chi connectivity index (χ2n) is 5.15. The van der Waals surface area contributed by atoms with Crippen molar-refractivity contribution in [3.8, 4) is 0 Å². The molecule has 1 saturated heterocycles. The smallest absolute Gasteiger partial charge is 0.305 e. The molecule has 1 fully saturated rings. The van der Waals surface area contributed by atoms with Gasteiger partial charge in [0.25, 0.3) is 5.91 Å². The minimum atomic E-state index is -1.10. The predicted molar refractivity (Wildman–Crippen MR) is 76.0 cm³/mol. The van der Waals surface area contributed by atoms with Gasteiger partial charge in [-0.3, -0.25) is 14.4 Å². The predicted octanol–water partition coefficient (Wildman–Crippen LogP) is 0.719. The molecule has 6 heteroatoms. The Morgan fingerprint density at radius 1 is 1.38 bits per heavy atom. The van der Waals surface area contributed by atoms with Crippen LogP contribution in [-0.2, 0) is 9.59 Å². The molecule has 0 aliphatic carbocycles. The zero-order valence-electron chi connectivity index (χ0n) is 12.0. The highest BCUT2D eigenvalue weighted by atomic mass is 16.4. The Kier molecular flexibility index (Phi) is 4.26. The molecule has 1 aromatic rings. The fraction of sp³-hybridized carbons (Fsp3) is 0.400. The lowest BCUT2D eigenvalue weighted by molar-refractivity contribution is -0.142. The van der Waals surface area contributed by atoms with Crippen LogP contribution in [0.4, 0.5) is 0 Å². The first-order chi connectivity index (χ1) is 9.91. The maximum absolute atomic E-state index is 12.7. The van der Waals surface area contributed by atoms with Crippen molar-refractivity contribution in [3.63, 3.8) is 0 Å². The van der Waals surface area contributed by atoms with Crippen molar-refractivity contribution < 1.29 is 19.5 Å². The number of aliphatic carboxylic acids is 1. The summed E-state index contributed by atoms with van der Waals surface area (Å²) in [5, 5.41) is 11.5. The number of carbonyl (C=O) groups excluding carboxylic acids is 2. The molecule has 0 aromatic heterocycles. The molecule has 2 rings (SSSR count). The molecular formula is C15H18N2O4. The highest BCUT2D eigenvalue weighted by Gasteiger charge is 2.35. The van der Waals surface area contributed by atoms with Gasteiger partial charge in [0.05, 0.1) is 6.42 Å². The van der Waals surface area contributed by atoms with Crippen molar-refractivity contribution in [2.24, 2.45) is 0 Å². The number of carboxylic acid groups (broad SMARTS) is 1. The number of nitrogens with one attached hydrogen (secondary N) is 1. The molecule has 0 radical (unpaired) electrons. The summed E-state index contributed by atoms with van der Waals surface area (Å²) in [5.41, 5.74) is 2.35. The number of rotatable bonds is 3. The van der Waals surface area contributed by atoms with Gasteiger partial charge in [0.2, 0.25) is 5.91 Å². The molecule has 1 aliphatic heterocycles. The molecule has 1 unspecified atom stereocenters. The minimum Gasteiger partial charge on any atom is -0.481 e. The quantitative estimate of drug-likeness (QED) is 0.858. The highest BCUT2D eigenvalue weighted by molar-refractivity contribution is 6.00. The van der Waals surface area contributed by atoms with Crippen LogP contribution in [0.1, 0.15) is 27.9 Å². The van der Waals surface area contributed by atoms with Gasteiger partial charge in [-0.2, -0.15) is 0 Å². The average Bonchev–Trinajstić information content (AvgIpc) is 2.43. The minimum absolute atomic E-state index is 0.294. The van der Waals surface area contributed by atoms with Crippen LogP contribution in [0, 0.1) is 13.8 Å². The summed E-state index contributed by atoms with van der Waals surface area (Å²) in [7, 11) is 0. The molecule has 6 nitrogen and oxygen atoms in total. The van der Waals surface area contributed by atoms with Crippen molar-refractivity contribution in [2.75, 3.05) is 13.1 Å². The van der Waals surface area contributed by atoms with Gasteiger partial charge in [0.1, 0.15) is 6.04 Å². The van der Waals surface area contributed by atoms with Crippen LogP contribution < -0.4 is 5.32 Å². The third-order valence-electron chi connectivity index (χ3n) is 3.79. The summed E-state index contributed by atoms with van der Waals surface area (Å²) in [6.45, 7) is 4.41. The number of piperazine rings is 1. The van der Waals surface area contributed by atoms with Gasteiger partial charge >= 0.3 is 5.97 Å². The molecular weight excluding hydrogens is 272 g/mol. The van der Waals surface area contributed by atoms with E-state index in [1.54, 1.807) is 12.1 Å². The number of amides is 2. The fourth-order valence-electron chi connectivity index (χ4n) is 2.46. The van der Waals surface area contributed by atoms with Gasteiger partial charge in [-0.1, -0.05) is 12.1 Å². The maximum atomic E-state index is 12.7. The third kappa shape index (κ3) is 3.04. The van der Waals surface area contributed by atoms with E-state index in [1.807, 2.05) is 19.9 Å². The largest absolute Gasteiger partial charge is 0.481 e. The monoisotopic (exact) mass is 290 g/mol. The number of carbonyl (C=O) groups is 3. The number of aryl methyl sites for hydroxylation is 1. The standard InChI is InChI=1S/C15H18N2O4/c1-9-4-3-5-11(10(9)2)15(21)17-7-6-16-14(20)12(17)8-13(18)19/h3-5,12H,6-8H2,1-2H3,(H,16,20)(H,18,19). The second kappa shape index (κ2) is 5.95. The van der Waals surface area contributed by atoms with Gasteiger partial charge < -0.3 is 15.3 Å². The van der Waals surface area contributed by atoms with Gasteiger partial charge in [-0.05, 0) is 31.0 Å². The van der Waals surface area contributed by atoms with Gasteiger partial charge in [-0.15, -0.1) is 0 Å². The number of hydrogen-bond acceptors (Lipinski definition) is 3. The van der Waals surface area contributed by atoms with Crippen LogP contribution in [-0.4, -0.2) is 46.9 Å². The summed E-state index contributed by atoms with van der Waals surface area (Å²) in [6, 6.07) is 4.44. The van der Waals surface area contributed by atoms with Gasteiger partial charge in [0.15, 0.2) is 0 Å². The van der Waals surface area contributed by atoms with Gasteiger partial charge in [0, 0.05) is 18.7 Å². The van der Waals surface area contributed by atoms with Crippen LogP contribution in [0.2, 0.25) is 0 Å². The summed E-state index contributed by atoms with van der Waals surface area (Å²) in [5.74, 6) is -1.81. The Hall–Kier alpha value is -2.37. The first-order valence-corrected chi connectivity index (χ1v) is 6.78. The van der Waals surface area contributed by atoms with E-state index in [4.69, 9.17) is 5.11 Å². The van der Waals surface area contributed by atoms with Crippen LogP contribution in [0.25, 0.3) is 0 Å². The van der Waals surface area contributed by atoms with E-state index >= 15 is 0 Å². The number of hydrogen-bond donors (Lipinski definition) is 2. The van der Waals surface area contributed by atoms with Crippen LogP contribution in [0.3, 0.4) is 0 Å². The Labute approximate surface area is 122 Å². The van der Waals surface area contributed by atoms with Crippen molar-refractivity contribution in [1.82, 2.24) is 10.2 Å². The molecule has 2 N–H and O–H groups in total. The molecule has 1 aromatic carbocycles. The Morgan fingerprint density at radius 2 is 2.10 bits per heavy atom. The van der Waals surface area contributed by atoms with E-state index in [-0.39, 0.29) is 12.3 Å². The first-order valence-electron chi connectivity index (χ1n) is 6.78. The van der Waals surface area contributed by atoms with E-state index in [0.29, 0.717) is 18.7 Å². The number of carboxylic acids is 1. The molecule has 1 aliphatic rings. The number of nitrogens with zero attached hydrogens (tertiary/aromatic N) is 1. The Bertz CT molecular complexity index is 597. The lowest BCUT2D eigenvalue weighted by atomic mass is 10.0. The van der Waals surface area contributed by atoms with Gasteiger partial charge in [-0.25, -0.2) is 0 Å². The molecule has 112 valence electrons. The normalized spacial score (nSPS) is 18.3. The lowest BCUT2D eigenvalue weighted by Crippen LogP contribution is -2.57. The summed E-state index contributed by atoms with van der Waals surface area (Å²) in [6.07, 6.45) is -0.386. The second-order valence-corrected chi connectivity index (χ2v) is 5.15. The Morgan fingerprint density at radius 3 is 2.76 bits per heavy atom. The first kappa shape index (κ1) is 15.0. The summed E-state index contributed by atoms with van der Waals surface area (Å²) < 4.78 is 0. The van der Waals surface area contributed by atoms with E-state index in [9.17, 15) is 14.4 Å². The van der Waals surface area contributed by atoms with Crippen LogP contribution >= 0.6 is 0 Å². The maximum Gasteiger partial charge on any atom is 0.305 e. The van der Waals surface area contributed by atoms with Crippen molar-refractivity contribution in [2.45, 2.75) is 26.3 Å². The number of benzene rings is 1. The zero-order valence-corrected chi connectivity index (χ0v) is 12.0. The van der Waals surface area contributed by atoms with E-state index in [2.05, 4.69) is 5.32 Å². The molecule has 0 spiro atoms. The van der Waals surface area contributed by atoms with Crippen molar-refractivity contribution in [3.05, 3.63) is 34.9 Å². The van der Waals surface area contributed by atoms with E-state index in [1.165, 1.54) is 4.90 Å². The summed E-state index contributed by atoms with van der Waals surface area (Å²) in [4.78, 5) is 36.8. The lowest BCUT2D eigenvalue weighted by Gasteiger charge is -2.34. The molecule has 2 amide bonds. The van der Waals surface area contributed by atoms with E-state index < -0.39 is 17.9 Å². The van der Waals surface area contributed by atoms with Crippen LogP contribution in [0.5, 0.6) is 0 Å². The molecule has 0 saturated carbocycles. The average molecular weight is 290 g/mol. The zero-order chi connectivity index (χ0) is 15.6. The topological polar surface area (TPSA) is 86.7 Å². The molecule has 1 heterocycles. The third-order valence-corrected chi connectivity index (χ3v) is 3.79. The van der Waals surface area contributed by atoms with Crippen molar-refractivity contribution in [1.29, 1.82) is 0 Å². The highest BCUT2D eigenvalue weighted by Crippen LogP contribution is 2.18. The molecule has 1 atom stereocenters. The molecule has 21 heavy (non-hydrogen) atoms. The van der Waals surface area contributed by atoms with Crippen LogP contribution in [0.15, 0.2) is 18.2 Å².